The predicted molar refractivity (Wildman–Crippen MR) is 191 cm³/mol. The molecular formula is C43H31N3. The first-order valence-electron chi connectivity index (χ1n) is 15.7. The van der Waals surface area contributed by atoms with E-state index >= 15 is 0 Å². The molecule has 8 rings (SSSR count). The van der Waals surface area contributed by atoms with Crippen LogP contribution in [0.5, 0.6) is 0 Å². The number of hydrogen-bond acceptors (Lipinski definition) is 3. The molecular weight excluding hydrogens is 558 g/mol. The number of benzene rings is 5. The Morgan fingerprint density at radius 3 is 1.89 bits per heavy atom. The zero-order valence-corrected chi connectivity index (χ0v) is 25.3. The molecule has 0 atom stereocenters. The van der Waals surface area contributed by atoms with Gasteiger partial charge in [0, 0.05) is 29.1 Å². The lowest BCUT2D eigenvalue weighted by atomic mass is 9.96. The minimum atomic E-state index is 0.702. The lowest BCUT2D eigenvalue weighted by Crippen LogP contribution is -1.96. The topological polar surface area (TPSA) is 38.7 Å². The van der Waals surface area contributed by atoms with E-state index < -0.39 is 0 Å². The number of rotatable bonds is 6. The highest BCUT2D eigenvalue weighted by Gasteiger charge is 2.13. The van der Waals surface area contributed by atoms with Crippen molar-refractivity contribution in [3.05, 3.63) is 170 Å². The van der Waals surface area contributed by atoms with Gasteiger partial charge in [-0.1, -0.05) is 133 Å². The molecule has 1 aliphatic carbocycles. The first-order valence-corrected chi connectivity index (χ1v) is 15.7. The third-order valence-electron chi connectivity index (χ3n) is 8.63. The lowest BCUT2D eigenvalue weighted by Gasteiger charge is -2.12. The Kier molecular flexibility index (Phi) is 7.33. The van der Waals surface area contributed by atoms with Crippen LogP contribution in [0.4, 0.5) is 0 Å². The van der Waals surface area contributed by atoms with Gasteiger partial charge in [-0.3, -0.25) is 4.98 Å². The van der Waals surface area contributed by atoms with Gasteiger partial charge in [-0.25, -0.2) is 9.97 Å². The zero-order chi connectivity index (χ0) is 30.7. The van der Waals surface area contributed by atoms with Gasteiger partial charge in [0.1, 0.15) is 0 Å². The van der Waals surface area contributed by atoms with Crippen molar-refractivity contribution in [3.63, 3.8) is 0 Å². The molecule has 7 aromatic rings. The molecule has 1 aliphatic rings. The standard InChI is InChI=1S/C43H31N3/c1-2-9-30(10-3-1)31-18-22-34(23-19-31)41-28-42(35-24-20-32(21-25-35)38-15-8-26-44-29-38)46-43(45-41)37-14-6-13-36(27-37)40-17-7-12-33-11-4-5-16-39(33)40/h2,4-29H,1,3H2. The van der Waals surface area contributed by atoms with Crippen LogP contribution in [0.25, 0.3) is 72.5 Å². The summed E-state index contributed by atoms with van der Waals surface area (Å²) in [5.41, 5.74) is 11.9. The van der Waals surface area contributed by atoms with E-state index in [-0.39, 0.29) is 0 Å². The zero-order valence-electron chi connectivity index (χ0n) is 25.3. The fourth-order valence-corrected chi connectivity index (χ4v) is 6.20. The maximum absolute atomic E-state index is 5.16. The van der Waals surface area contributed by atoms with E-state index in [0.29, 0.717) is 5.82 Å². The van der Waals surface area contributed by atoms with Crippen molar-refractivity contribution in [1.82, 2.24) is 15.0 Å². The Bertz CT molecular complexity index is 2220. The van der Waals surface area contributed by atoms with E-state index in [2.05, 4.69) is 151 Å². The number of allylic oxidation sites excluding steroid dienone is 4. The van der Waals surface area contributed by atoms with Crippen LogP contribution in [0.15, 0.2) is 164 Å². The maximum atomic E-state index is 5.16. The van der Waals surface area contributed by atoms with E-state index in [0.717, 1.165) is 57.6 Å². The van der Waals surface area contributed by atoms with Crippen LogP contribution < -0.4 is 0 Å². The minimum Gasteiger partial charge on any atom is -0.264 e. The molecule has 0 saturated heterocycles. The van der Waals surface area contributed by atoms with Crippen LogP contribution >= 0.6 is 0 Å². The molecule has 0 fully saturated rings. The van der Waals surface area contributed by atoms with E-state index in [1.165, 1.54) is 27.5 Å². The molecule has 0 radical (unpaired) electrons. The largest absolute Gasteiger partial charge is 0.264 e. The molecule has 0 spiro atoms. The summed E-state index contributed by atoms with van der Waals surface area (Å²) in [5.74, 6) is 0.702. The van der Waals surface area contributed by atoms with Crippen molar-refractivity contribution in [3.8, 4) is 56.2 Å². The summed E-state index contributed by atoms with van der Waals surface area (Å²) in [6.45, 7) is 0. The molecule has 0 amide bonds. The highest BCUT2D eigenvalue weighted by atomic mass is 14.9. The summed E-state index contributed by atoms with van der Waals surface area (Å²) >= 11 is 0. The van der Waals surface area contributed by atoms with Crippen LogP contribution in [0, 0.1) is 0 Å². The second kappa shape index (κ2) is 12.2. The van der Waals surface area contributed by atoms with Crippen molar-refractivity contribution in [2.45, 2.75) is 12.8 Å². The van der Waals surface area contributed by atoms with Gasteiger partial charge in [0.25, 0.3) is 0 Å². The Morgan fingerprint density at radius 2 is 1.15 bits per heavy atom. The van der Waals surface area contributed by atoms with Gasteiger partial charge in [0.2, 0.25) is 0 Å². The summed E-state index contributed by atoms with van der Waals surface area (Å²) in [5, 5.41) is 2.46. The molecule has 3 heteroatoms. The van der Waals surface area contributed by atoms with E-state index in [1.54, 1.807) is 6.20 Å². The molecule has 0 saturated carbocycles. The monoisotopic (exact) mass is 589 g/mol. The van der Waals surface area contributed by atoms with Gasteiger partial charge < -0.3 is 0 Å². The van der Waals surface area contributed by atoms with Crippen LogP contribution in [0.2, 0.25) is 0 Å². The quantitative estimate of drug-likeness (QED) is 0.194. The third kappa shape index (κ3) is 5.55. The Balaban J connectivity index is 1.23. The maximum Gasteiger partial charge on any atom is 0.160 e. The third-order valence-corrected chi connectivity index (χ3v) is 8.63. The number of fused-ring (bicyclic) bond motifs is 1. The molecule has 3 nitrogen and oxygen atoms in total. The summed E-state index contributed by atoms with van der Waals surface area (Å²) in [4.78, 5) is 14.6. The number of pyridine rings is 1. The first-order chi connectivity index (χ1) is 22.8. The van der Waals surface area contributed by atoms with Gasteiger partial charge in [0.15, 0.2) is 5.82 Å². The number of aromatic nitrogens is 3. The Morgan fingerprint density at radius 1 is 0.478 bits per heavy atom. The van der Waals surface area contributed by atoms with Gasteiger partial charge in [0.05, 0.1) is 11.4 Å². The molecule has 2 heterocycles. The summed E-state index contributed by atoms with van der Waals surface area (Å²) in [6, 6.07) is 47.0. The van der Waals surface area contributed by atoms with Gasteiger partial charge >= 0.3 is 0 Å². The molecule has 218 valence electrons. The highest BCUT2D eigenvalue weighted by molar-refractivity contribution is 5.97. The molecule has 0 bridgehead atoms. The molecule has 5 aromatic carbocycles. The van der Waals surface area contributed by atoms with Crippen molar-refractivity contribution in [2.24, 2.45) is 0 Å². The molecule has 2 aromatic heterocycles. The van der Waals surface area contributed by atoms with Crippen molar-refractivity contribution in [2.75, 3.05) is 0 Å². The van der Waals surface area contributed by atoms with Gasteiger partial charge in [-0.05, 0) is 75.2 Å². The second-order valence-electron chi connectivity index (χ2n) is 11.6. The average Bonchev–Trinajstić information content (AvgIpc) is 3.15. The summed E-state index contributed by atoms with van der Waals surface area (Å²) < 4.78 is 0. The smallest absolute Gasteiger partial charge is 0.160 e. The fourth-order valence-electron chi connectivity index (χ4n) is 6.20. The fraction of sp³-hybridized carbons (Fsp3) is 0.0465. The average molecular weight is 590 g/mol. The molecule has 0 unspecified atom stereocenters. The van der Waals surface area contributed by atoms with Crippen molar-refractivity contribution in [1.29, 1.82) is 0 Å². The van der Waals surface area contributed by atoms with Crippen LogP contribution in [-0.4, -0.2) is 15.0 Å². The highest BCUT2D eigenvalue weighted by Crippen LogP contribution is 2.34. The van der Waals surface area contributed by atoms with E-state index in [9.17, 15) is 0 Å². The minimum absolute atomic E-state index is 0.702. The van der Waals surface area contributed by atoms with Crippen LogP contribution in [-0.2, 0) is 0 Å². The van der Waals surface area contributed by atoms with Crippen LogP contribution in [0.3, 0.4) is 0 Å². The second-order valence-corrected chi connectivity index (χ2v) is 11.6. The SMILES string of the molecule is C1=CC(c2ccc(-c3cc(-c4ccc(-c5cccnc5)cc4)nc(-c4cccc(-c5cccc6ccccc56)c4)n3)cc2)=CCC1. The van der Waals surface area contributed by atoms with E-state index in [1.807, 2.05) is 12.3 Å². The van der Waals surface area contributed by atoms with E-state index in [4.69, 9.17) is 9.97 Å². The Labute approximate surface area is 269 Å². The molecule has 0 aliphatic heterocycles. The number of nitrogens with zero attached hydrogens (tertiary/aromatic N) is 3. The lowest BCUT2D eigenvalue weighted by molar-refractivity contribution is 1.04. The Hall–Kier alpha value is -5.93. The molecule has 0 N–H and O–H groups in total. The van der Waals surface area contributed by atoms with Gasteiger partial charge in [-0.2, -0.15) is 0 Å². The summed E-state index contributed by atoms with van der Waals surface area (Å²) in [7, 11) is 0. The normalized spacial score (nSPS) is 12.7. The first kappa shape index (κ1) is 27.6. The van der Waals surface area contributed by atoms with Gasteiger partial charge in [-0.15, -0.1) is 0 Å². The summed E-state index contributed by atoms with van der Waals surface area (Å²) in [6.07, 6.45) is 12.7. The van der Waals surface area contributed by atoms with Crippen molar-refractivity contribution >= 4 is 16.3 Å². The van der Waals surface area contributed by atoms with Crippen molar-refractivity contribution < 1.29 is 0 Å². The number of hydrogen-bond donors (Lipinski definition) is 0. The van der Waals surface area contributed by atoms with Crippen LogP contribution in [0.1, 0.15) is 18.4 Å². The molecule has 46 heavy (non-hydrogen) atoms. The predicted octanol–water partition coefficient (Wildman–Crippen LogP) is 11.1.